The zero-order chi connectivity index (χ0) is 34.2. The van der Waals surface area contributed by atoms with E-state index in [0.717, 1.165) is 26.1 Å². The first-order valence-electron chi connectivity index (χ1n) is 20.4. The van der Waals surface area contributed by atoms with Crippen molar-refractivity contribution in [3.63, 3.8) is 0 Å². The molecule has 0 N–H and O–H groups in total. The van der Waals surface area contributed by atoms with Crippen LogP contribution in [0.15, 0.2) is 97.1 Å². The highest BCUT2D eigenvalue weighted by Crippen LogP contribution is 2.69. The zero-order valence-electron chi connectivity index (χ0n) is 30.9. The van der Waals surface area contributed by atoms with Crippen molar-refractivity contribution < 1.29 is 9.47 Å². The second kappa shape index (κ2) is 16.4. The quantitative estimate of drug-likeness (QED) is 0.0873. The number of benzene rings is 4. The standard InChI is InChI=1S/C48H60O2/c1-3-5-7-9-11-13-15-25-35-49-47-41-31-21-23-33-43(41)48(44-34-24-22-32-42(44)47,50-36-26-16-14-12-10-8-6-4-2)46-39-29-19-17-27-37(39)45(47)38-28-18-20-30-40(38)46/h17-24,27-34,45-46H,3-16,25-26,35-36H2,1-2H3. The lowest BCUT2D eigenvalue weighted by Gasteiger charge is -2.60. The fourth-order valence-electron chi connectivity index (χ4n) is 9.87. The summed E-state index contributed by atoms with van der Waals surface area (Å²) >= 11 is 0. The van der Waals surface area contributed by atoms with Gasteiger partial charge in [-0.1, -0.05) is 201 Å². The molecule has 0 radical (unpaired) electrons. The highest BCUT2D eigenvalue weighted by atomic mass is 16.5. The van der Waals surface area contributed by atoms with Gasteiger partial charge in [-0.3, -0.25) is 0 Å². The third-order valence-electron chi connectivity index (χ3n) is 12.2. The smallest absolute Gasteiger partial charge is 0.130 e. The van der Waals surface area contributed by atoms with Crippen molar-refractivity contribution >= 4 is 0 Å². The minimum Gasteiger partial charge on any atom is -0.365 e. The molecule has 0 atom stereocenters. The van der Waals surface area contributed by atoms with E-state index in [1.54, 1.807) is 0 Å². The van der Waals surface area contributed by atoms with Gasteiger partial charge in [0.05, 0.1) is 0 Å². The van der Waals surface area contributed by atoms with E-state index < -0.39 is 11.2 Å². The van der Waals surface area contributed by atoms with Crippen LogP contribution < -0.4 is 0 Å². The number of hydrogen-bond acceptors (Lipinski definition) is 2. The molecule has 0 fully saturated rings. The maximum Gasteiger partial charge on any atom is 0.130 e. The Bertz CT molecular complexity index is 1470. The monoisotopic (exact) mass is 668 g/mol. The highest BCUT2D eigenvalue weighted by molar-refractivity contribution is 5.71. The first-order valence-corrected chi connectivity index (χ1v) is 20.4. The molecule has 4 aromatic carbocycles. The van der Waals surface area contributed by atoms with Crippen LogP contribution in [-0.4, -0.2) is 13.2 Å². The van der Waals surface area contributed by atoms with Gasteiger partial charge in [-0.2, -0.15) is 0 Å². The van der Waals surface area contributed by atoms with Gasteiger partial charge in [0.15, 0.2) is 0 Å². The summed E-state index contributed by atoms with van der Waals surface area (Å²) in [6.07, 6.45) is 20.6. The molecule has 2 heteroatoms. The first-order chi connectivity index (χ1) is 24.8. The van der Waals surface area contributed by atoms with Gasteiger partial charge in [0, 0.05) is 25.0 Å². The van der Waals surface area contributed by atoms with Gasteiger partial charge in [-0.05, 0) is 57.3 Å². The molecule has 6 aliphatic rings. The van der Waals surface area contributed by atoms with Crippen molar-refractivity contribution in [3.05, 3.63) is 142 Å². The van der Waals surface area contributed by atoms with E-state index in [-0.39, 0.29) is 11.8 Å². The lowest BCUT2D eigenvalue weighted by atomic mass is 9.49. The highest BCUT2D eigenvalue weighted by Gasteiger charge is 2.64. The van der Waals surface area contributed by atoms with Crippen LogP contribution in [0.25, 0.3) is 0 Å². The fourth-order valence-corrected chi connectivity index (χ4v) is 9.87. The molecule has 0 saturated heterocycles. The molecule has 0 unspecified atom stereocenters. The topological polar surface area (TPSA) is 18.5 Å². The summed E-state index contributed by atoms with van der Waals surface area (Å²) in [6, 6.07) is 37.0. The molecular formula is C48H60O2. The van der Waals surface area contributed by atoms with Crippen molar-refractivity contribution in [3.8, 4) is 0 Å². The van der Waals surface area contributed by atoms with Crippen LogP contribution in [-0.2, 0) is 20.7 Å². The molecule has 0 heterocycles. The molecule has 264 valence electrons. The first kappa shape index (κ1) is 35.2. The Kier molecular flexibility index (Phi) is 11.6. The number of rotatable bonds is 20. The van der Waals surface area contributed by atoms with Gasteiger partial charge < -0.3 is 9.47 Å². The van der Waals surface area contributed by atoms with E-state index in [2.05, 4.69) is 111 Å². The van der Waals surface area contributed by atoms with Gasteiger partial charge in [0.25, 0.3) is 0 Å². The van der Waals surface area contributed by atoms with Gasteiger partial charge in [-0.25, -0.2) is 0 Å². The molecule has 0 saturated carbocycles. The molecule has 4 bridgehead atoms. The van der Waals surface area contributed by atoms with Crippen LogP contribution >= 0.6 is 0 Å². The van der Waals surface area contributed by atoms with Crippen LogP contribution in [0, 0.1) is 0 Å². The van der Waals surface area contributed by atoms with E-state index in [0.29, 0.717) is 0 Å². The van der Waals surface area contributed by atoms with E-state index >= 15 is 0 Å². The van der Waals surface area contributed by atoms with Crippen molar-refractivity contribution in [2.45, 2.75) is 140 Å². The van der Waals surface area contributed by atoms with Gasteiger partial charge >= 0.3 is 0 Å². The summed E-state index contributed by atoms with van der Waals surface area (Å²) in [5.74, 6) is 0.0991. The second-order valence-electron chi connectivity index (χ2n) is 15.3. The Morgan fingerprint density at radius 2 is 0.620 bits per heavy atom. The summed E-state index contributed by atoms with van der Waals surface area (Å²) in [5, 5.41) is 0. The lowest BCUT2D eigenvalue weighted by Crippen LogP contribution is -2.56. The summed E-state index contributed by atoms with van der Waals surface area (Å²) in [6.45, 7) is 6.08. The van der Waals surface area contributed by atoms with Crippen LogP contribution in [0.2, 0.25) is 0 Å². The molecule has 10 rings (SSSR count). The Morgan fingerprint density at radius 1 is 0.360 bits per heavy atom. The minimum absolute atomic E-state index is 0.0495. The number of ether oxygens (including phenoxy) is 2. The average molecular weight is 669 g/mol. The number of unbranched alkanes of at least 4 members (excludes halogenated alkanes) is 14. The molecule has 50 heavy (non-hydrogen) atoms. The van der Waals surface area contributed by atoms with Crippen LogP contribution in [0.1, 0.15) is 173 Å². The maximum atomic E-state index is 7.62. The molecular weight excluding hydrogens is 609 g/mol. The van der Waals surface area contributed by atoms with E-state index in [4.69, 9.17) is 9.47 Å². The molecule has 0 aliphatic heterocycles. The molecule has 4 aromatic rings. The van der Waals surface area contributed by atoms with Gasteiger partial charge in [0.1, 0.15) is 11.2 Å². The number of hydrogen-bond donors (Lipinski definition) is 0. The normalized spacial score (nSPS) is 22.4. The SMILES string of the molecule is CCCCCCCCCCOC12c3ccccc3C(OCCCCCCCCCC)(c3ccccc31)C1c3ccccc3C2c2ccccc21. The van der Waals surface area contributed by atoms with Crippen molar-refractivity contribution in [1.29, 1.82) is 0 Å². The molecule has 0 spiro atoms. The molecule has 2 nitrogen and oxygen atoms in total. The average Bonchev–Trinajstić information content (AvgIpc) is 3.15. The third-order valence-corrected chi connectivity index (χ3v) is 12.2. The Morgan fingerprint density at radius 3 is 0.920 bits per heavy atom. The predicted molar refractivity (Wildman–Crippen MR) is 208 cm³/mol. The van der Waals surface area contributed by atoms with Crippen LogP contribution in [0.4, 0.5) is 0 Å². The Labute approximate surface area is 303 Å². The minimum atomic E-state index is -0.655. The molecule has 6 aliphatic carbocycles. The summed E-state index contributed by atoms with van der Waals surface area (Å²) < 4.78 is 15.2. The summed E-state index contributed by atoms with van der Waals surface area (Å²) in [7, 11) is 0. The van der Waals surface area contributed by atoms with E-state index in [1.807, 2.05) is 0 Å². The van der Waals surface area contributed by atoms with E-state index in [9.17, 15) is 0 Å². The predicted octanol–water partition coefficient (Wildman–Crippen LogP) is 13.1. The van der Waals surface area contributed by atoms with Crippen LogP contribution in [0.5, 0.6) is 0 Å². The molecule has 0 amide bonds. The zero-order valence-corrected chi connectivity index (χ0v) is 30.9. The van der Waals surface area contributed by atoms with Gasteiger partial charge in [0.2, 0.25) is 0 Å². The lowest BCUT2D eigenvalue weighted by molar-refractivity contribution is -0.0803. The fraction of sp³-hybridized carbons (Fsp3) is 0.500. The maximum absolute atomic E-state index is 7.62. The summed E-state index contributed by atoms with van der Waals surface area (Å²) in [4.78, 5) is 0. The Hall–Kier alpha value is -3.20. The van der Waals surface area contributed by atoms with Crippen molar-refractivity contribution in [2.24, 2.45) is 0 Å². The second-order valence-corrected chi connectivity index (χ2v) is 15.3. The molecule has 0 aromatic heterocycles. The van der Waals surface area contributed by atoms with E-state index in [1.165, 1.54) is 134 Å². The largest absolute Gasteiger partial charge is 0.365 e. The van der Waals surface area contributed by atoms with Crippen molar-refractivity contribution in [1.82, 2.24) is 0 Å². The Balaban J connectivity index is 1.29. The third kappa shape index (κ3) is 6.30. The van der Waals surface area contributed by atoms with Crippen LogP contribution in [0.3, 0.4) is 0 Å². The van der Waals surface area contributed by atoms with Crippen molar-refractivity contribution in [2.75, 3.05) is 13.2 Å². The summed E-state index contributed by atoms with van der Waals surface area (Å²) in [5.41, 5.74) is 9.48. The van der Waals surface area contributed by atoms with Gasteiger partial charge in [-0.15, -0.1) is 0 Å².